The van der Waals surface area contributed by atoms with Gasteiger partial charge in [-0.25, -0.2) is 0 Å². The lowest BCUT2D eigenvalue weighted by Gasteiger charge is -2.23. The lowest BCUT2D eigenvalue weighted by atomic mass is 9.98. The molecule has 0 saturated carbocycles. The van der Waals surface area contributed by atoms with Crippen LogP contribution in [-0.4, -0.2) is 24.8 Å². The number of nitrogens with one attached hydrogen (secondary N) is 2. The molecule has 1 aromatic heterocycles. The summed E-state index contributed by atoms with van der Waals surface area (Å²) < 4.78 is 5.20. The maximum atomic E-state index is 11.2. The molecule has 23 heavy (non-hydrogen) atoms. The number of piperidine rings is 1. The van der Waals surface area contributed by atoms with E-state index in [4.69, 9.17) is 4.52 Å². The molecule has 122 valence electrons. The van der Waals surface area contributed by atoms with Crippen LogP contribution < -0.4 is 10.6 Å². The standard InChI is InChI=1S/C17H22N4O2/c1-11-17(12(2)23-21-11)14-3-4-15(16(9-14)20-22)19-10-13-5-7-18-8-6-13/h3-4,9,13,18-19H,5-8,10H2,1-2H3. The molecular formula is C17H22N4O2. The van der Waals surface area contributed by atoms with Crippen LogP contribution in [0.1, 0.15) is 24.3 Å². The number of nitroso groups, excluding NO2 is 1. The average Bonchev–Trinajstić information content (AvgIpc) is 2.92. The number of hydrogen-bond donors (Lipinski definition) is 2. The Hall–Kier alpha value is -2.21. The van der Waals surface area contributed by atoms with Crippen molar-refractivity contribution in [3.05, 3.63) is 34.6 Å². The molecule has 2 N–H and O–H groups in total. The quantitative estimate of drug-likeness (QED) is 0.821. The van der Waals surface area contributed by atoms with E-state index in [0.29, 0.717) is 11.6 Å². The average molecular weight is 314 g/mol. The third-order valence-corrected chi connectivity index (χ3v) is 4.46. The Labute approximate surface area is 135 Å². The van der Waals surface area contributed by atoms with Crippen LogP contribution in [0.5, 0.6) is 0 Å². The Balaban J connectivity index is 1.78. The molecule has 1 aromatic carbocycles. The van der Waals surface area contributed by atoms with Crippen LogP contribution in [0.25, 0.3) is 11.1 Å². The Morgan fingerprint density at radius 2 is 2.13 bits per heavy atom. The summed E-state index contributed by atoms with van der Waals surface area (Å²) in [6, 6.07) is 5.69. The zero-order valence-electron chi connectivity index (χ0n) is 13.6. The molecule has 1 fully saturated rings. The minimum atomic E-state index is 0.427. The topological polar surface area (TPSA) is 79.5 Å². The second-order valence-corrected chi connectivity index (χ2v) is 6.10. The van der Waals surface area contributed by atoms with Gasteiger partial charge in [-0.3, -0.25) is 0 Å². The fraction of sp³-hybridized carbons (Fsp3) is 0.471. The van der Waals surface area contributed by atoms with Gasteiger partial charge in [0.2, 0.25) is 0 Å². The molecule has 6 nitrogen and oxygen atoms in total. The zero-order chi connectivity index (χ0) is 16.2. The summed E-state index contributed by atoms with van der Waals surface area (Å²) >= 11 is 0. The van der Waals surface area contributed by atoms with Gasteiger partial charge in [-0.05, 0) is 68.6 Å². The van der Waals surface area contributed by atoms with Crippen molar-refractivity contribution >= 4 is 11.4 Å². The van der Waals surface area contributed by atoms with Gasteiger partial charge in [0.05, 0.1) is 11.4 Å². The van der Waals surface area contributed by atoms with Gasteiger partial charge in [0.15, 0.2) is 0 Å². The van der Waals surface area contributed by atoms with Gasteiger partial charge in [0.25, 0.3) is 0 Å². The number of aromatic nitrogens is 1. The predicted molar refractivity (Wildman–Crippen MR) is 91.0 cm³/mol. The summed E-state index contributed by atoms with van der Waals surface area (Å²) in [5.74, 6) is 1.38. The summed E-state index contributed by atoms with van der Waals surface area (Å²) in [7, 11) is 0. The number of aryl methyl sites for hydroxylation is 2. The van der Waals surface area contributed by atoms with Crippen LogP contribution >= 0.6 is 0 Å². The number of nitrogens with zero attached hydrogens (tertiary/aromatic N) is 2. The Morgan fingerprint density at radius 1 is 1.35 bits per heavy atom. The third kappa shape index (κ3) is 3.42. The minimum absolute atomic E-state index is 0.427. The summed E-state index contributed by atoms with van der Waals surface area (Å²) in [4.78, 5) is 11.2. The molecule has 0 atom stereocenters. The Bertz CT molecular complexity index is 670. The minimum Gasteiger partial charge on any atom is -0.383 e. The van der Waals surface area contributed by atoms with Crippen molar-refractivity contribution in [2.75, 3.05) is 25.0 Å². The number of benzene rings is 1. The van der Waals surface area contributed by atoms with Crippen LogP contribution in [0.2, 0.25) is 0 Å². The van der Waals surface area contributed by atoms with Crippen molar-refractivity contribution in [3.63, 3.8) is 0 Å². The van der Waals surface area contributed by atoms with E-state index in [-0.39, 0.29) is 0 Å². The van der Waals surface area contributed by atoms with Crippen LogP contribution in [0.4, 0.5) is 11.4 Å². The Morgan fingerprint density at radius 3 is 2.78 bits per heavy atom. The van der Waals surface area contributed by atoms with Gasteiger partial charge in [0.1, 0.15) is 11.4 Å². The largest absolute Gasteiger partial charge is 0.383 e. The number of anilines is 1. The van der Waals surface area contributed by atoms with Crippen LogP contribution in [0, 0.1) is 24.7 Å². The van der Waals surface area contributed by atoms with Crippen LogP contribution in [0.3, 0.4) is 0 Å². The van der Waals surface area contributed by atoms with E-state index in [1.54, 1.807) is 6.07 Å². The zero-order valence-corrected chi connectivity index (χ0v) is 13.6. The maximum Gasteiger partial charge on any atom is 0.141 e. The van der Waals surface area contributed by atoms with Crippen LogP contribution in [0.15, 0.2) is 27.9 Å². The molecule has 0 amide bonds. The third-order valence-electron chi connectivity index (χ3n) is 4.46. The molecule has 0 spiro atoms. The van der Waals surface area contributed by atoms with Crippen molar-refractivity contribution in [2.24, 2.45) is 11.1 Å². The molecular weight excluding hydrogens is 292 g/mol. The van der Waals surface area contributed by atoms with Gasteiger partial charge in [-0.2, -0.15) is 0 Å². The van der Waals surface area contributed by atoms with Gasteiger partial charge >= 0.3 is 0 Å². The summed E-state index contributed by atoms with van der Waals surface area (Å²) in [5, 5.41) is 13.9. The highest BCUT2D eigenvalue weighted by Crippen LogP contribution is 2.34. The lowest BCUT2D eigenvalue weighted by Crippen LogP contribution is -2.31. The molecule has 3 rings (SSSR count). The van der Waals surface area contributed by atoms with Gasteiger partial charge in [-0.1, -0.05) is 11.2 Å². The van der Waals surface area contributed by atoms with Crippen molar-refractivity contribution in [3.8, 4) is 11.1 Å². The van der Waals surface area contributed by atoms with Gasteiger partial charge in [-0.15, -0.1) is 4.91 Å². The molecule has 1 aliphatic rings. The van der Waals surface area contributed by atoms with E-state index in [1.165, 1.54) is 0 Å². The predicted octanol–water partition coefficient (Wildman–Crippen LogP) is 3.77. The van der Waals surface area contributed by atoms with Crippen molar-refractivity contribution in [2.45, 2.75) is 26.7 Å². The van der Waals surface area contributed by atoms with E-state index in [2.05, 4.69) is 21.0 Å². The molecule has 0 unspecified atom stereocenters. The first-order valence-electron chi connectivity index (χ1n) is 8.04. The fourth-order valence-electron chi connectivity index (χ4n) is 3.15. The van der Waals surface area contributed by atoms with E-state index in [9.17, 15) is 4.91 Å². The molecule has 2 aromatic rings. The van der Waals surface area contributed by atoms with Crippen molar-refractivity contribution in [1.29, 1.82) is 0 Å². The Kier molecular flexibility index (Phi) is 4.71. The number of hydrogen-bond acceptors (Lipinski definition) is 6. The molecule has 2 heterocycles. The molecule has 1 aliphatic heterocycles. The molecule has 0 aliphatic carbocycles. The van der Waals surface area contributed by atoms with Crippen molar-refractivity contribution < 1.29 is 4.52 Å². The molecule has 0 bridgehead atoms. The molecule has 1 saturated heterocycles. The van der Waals surface area contributed by atoms with Crippen LogP contribution in [-0.2, 0) is 0 Å². The monoisotopic (exact) mass is 314 g/mol. The van der Waals surface area contributed by atoms with Gasteiger partial charge in [0, 0.05) is 12.1 Å². The highest BCUT2D eigenvalue weighted by molar-refractivity contribution is 5.77. The highest BCUT2D eigenvalue weighted by atomic mass is 16.5. The summed E-state index contributed by atoms with van der Waals surface area (Å²) in [6.07, 6.45) is 2.32. The van der Waals surface area contributed by atoms with Crippen molar-refractivity contribution in [1.82, 2.24) is 10.5 Å². The first kappa shape index (κ1) is 15.7. The fourth-order valence-corrected chi connectivity index (χ4v) is 3.15. The first-order valence-corrected chi connectivity index (χ1v) is 8.04. The molecule has 6 heteroatoms. The maximum absolute atomic E-state index is 11.2. The van der Waals surface area contributed by atoms with E-state index >= 15 is 0 Å². The first-order chi connectivity index (χ1) is 11.2. The smallest absolute Gasteiger partial charge is 0.141 e. The summed E-state index contributed by atoms with van der Waals surface area (Å²) in [5.41, 5.74) is 3.86. The number of rotatable bonds is 5. The van der Waals surface area contributed by atoms with E-state index in [1.807, 2.05) is 26.0 Å². The lowest BCUT2D eigenvalue weighted by molar-refractivity contribution is 0.390. The SMILES string of the molecule is Cc1noc(C)c1-c1ccc(NCC2CCNCC2)c(N=O)c1. The summed E-state index contributed by atoms with van der Waals surface area (Å²) in [6.45, 7) is 6.76. The second-order valence-electron chi connectivity index (χ2n) is 6.10. The van der Waals surface area contributed by atoms with E-state index < -0.39 is 0 Å². The normalized spacial score (nSPS) is 15.6. The highest BCUT2D eigenvalue weighted by Gasteiger charge is 2.16. The van der Waals surface area contributed by atoms with Gasteiger partial charge < -0.3 is 15.2 Å². The second kappa shape index (κ2) is 6.91. The molecule has 0 radical (unpaired) electrons. The van der Waals surface area contributed by atoms with E-state index in [0.717, 1.165) is 60.7 Å².